The monoisotopic (exact) mass is 313 g/mol. The lowest BCUT2D eigenvalue weighted by Gasteiger charge is -2.26. The molecule has 0 aromatic carbocycles. The third-order valence-electron chi connectivity index (χ3n) is 4.59. The molecule has 3 aliphatic rings. The maximum Gasteiger partial charge on any atom is 0.314 e. The normalized spacial score (nSPS) is 28.1. The van der Waals surface area contributed by atoms with E-state index in [9.17, 15) is 4.79 Å². The number of amides is 2. The van der Waals surface area contributed by atoms with Crippen LogP contribution in [0.5, 0.6) is 0 Å². The zero-order chi connectivity index (χ0) is 15.3. The molecule has 2 aliphatic heterocycles. The van der Waals surface area contributed by atoms with Gasteiger partial charge in [0, 0.05) is 45.6 Å². The van der Waals surface area contributed by atoms with Gasteiger partial charge in [0.1, 0.15) is 6.10 Å². The van der Waals surface area contributed by atoms with Crippen molar-refractivity contribution in [1.29, 1.82) is 0 Å². The van der Waals surface area contributed by atoms with E-state index in [4.69, 9.17) is 14.2 Å². The smallest absolute Gasteiger partial charge is 0.314 e. The lowest BCUT2D eigenvalue weighted by atomic mass is 10.2. The van der Waals surface area contributed by atoms with Gasteiger partial charge >= 0.3 is 6.03 Å². The van der Waals surface area contributed by atoms with Crippen LogP contribution in [-0.2, 0) is 14.2 Å². The molecule has 2 N–H and O–H groups in total. The summed E-state index contributed by atoms with van der Waals surface area (Å²) in [7, 11) is 0. The summed E-state index contributed by atoms with van der Waals surface area (Å²) >= 11 is 0. The van der Waals surface area contributed by atoms with Crippen molar-refractivity contribution in [2.24, 2.45) is 0 Å². The Balaban J connectivity index is 1.26. The van der Waals surface area contributed by atoms with E-state index in [1.165, 1.54) is 12.8 Å². The minimum Gasteiger partial charge on any atom is -0.379 e. The van der Waals surface area contributed by atoms with Gasteiger partial charge in [-0.3, -0.25) is 4.90 Å². The maximum absolute atomic E-state index is 11.8. The SMILES string of the molecule is O=C(NCCN1CCOCC1)NC[C@@H]1COC2(CCCC2)O1. The molecule has 0 radical (unpaired) electrons. The van der Waals surface area contributed by atoms with Gasteiger partial charge in [0.15, 0.2) is 5.79 Å². The first kappa shape index (κ1) is 16.0. The van der Waals surface area contributed by atoms with Gasteiger partial charge in [-0.25, -0.2) is 4.79 Å². The van der Waals surface area contributed by atoms with Gasteiger partial charge in [-0.1, -0.05) is 0 Å². The van der Waals surface area contributed by atoms with E-state index >= 15 is 0 Å². The fourth-order valence-electron chi connectivity index (χ4n) is 3.31. The van der Waals surface area contributed by atoms with Crippen LogP contribution < -0.4 is 10.6 Å². The second-order valence-corrected chi connectivity index (χ2v) is 6.26. The second-order valence-electron chi connectivity index (χ2n) is 6.26. The van der Waals surface area contributed by atoms with Crippen LogP contribution in [0.1, 0.15) is 25.7 Å². The number of morpholine rings is 1. The summed E-state index contributed by atoms with van der Waals surface area (Å²) in [5.74, 6) is -0.348. The van der Waals surface area contributed by atoms with Gasteiger partial charge in [-0.2, -0.15) is 0 Å². The molecule has 1 aliphatic carbocycles. The number of hydrogen-bond acceptors (Lipinski definition) is 5. The van der Waals surface area contributed by atoms with Gasteiger partial charge < -0.3 is 24.8 Å². The Labute approximate surface area is 131 Å². The van der Waals surface area contributed by atoms with Crippen molar-refractivity contribution >= 4 is 6.03 Å². The predicted octanol–water partition coefficient (Wildman–Crippen LogP) is 0.304. The number of urea groups is 1. The van der Waals surface area contributed by atoms with Crippen molar-refractivity contribution in [2.45, 2.75) is 37.6 Å². The van der Waals surface area contributed by atoms with Gasteiger partial charge in [-0.15, -0.1) is 0 Å². The first-order valence-corrected chi connectivity index (χ1v) is 8.39. The van der Waals surface area contributed by atoms with Crippen LogP contribution in [0.15, 0.2) is 0 Å². The van der Waals surface area contributed by atoms with Crippen molar-refractivity contribution in [3.8, 4) is 0 Å². The van der Waals surface area contributed by atoms with Crippen LogP contribution >= 0.6 is 0 Å². The summed E-state index contributed by atoms with van der Waals surface area (Å²) in [4.78, 5) is 14.1. The number of rotatable bonds is 5. The van der Waals surface area contributed by atoms with Gasteiger partial charge in [0.05, 0.1) is 19.8 Å². The molecule has 2 heterocycles. The van der Waals surface area contributed by atoms with E-state index < -0.39 is 0 Å². The van der Waals surface area contributed by atoms with Crippen molar-refractivity contribution in [3.05, 3.63) is 0 Å². The quantitative estimate of drug-likeness (QED) is 0.764. The molecule has 3 fully saturated rings. The highest BCUT2D eigenvalue weighted by Crippen LogP contribution is 2.38. The molecule has 1 atom stereocenters. The number of carbonyl (C=O) groups is 1. The molecule has 0 unspecified atom stereocenters. The van der Waals surface area contributed by atoms with Crippen LogP contribution in [0.25, 0.3) is 0 Å². The summed E-state index contributed by atoms with van der Waals surface area (Å²) in [5, 5.41) is 5.76. The second kappa shape index (κ2) is 7.59. The Bertz CT molecular complexity index is 368. The molecule has 2 amide bonds. The summed E-state index contributed by atoms with van der Waals surface area (Å²) < 4.78 is 17.1. The predicted molar refractivity (Wildman–Crippen MR) is 80.7 cm³/mol. The number of hydrogen-bond donors (Lipinski definition) is 2. The first-order chi connectivity index (χ1) is 10.8. The zero-order valence-corrected chi connectivity index (χ0v) is 13.1. The molecule has 1 saturated carbocycles. The van der Waals surface area contributed by atoms with E-state index in [1.807, 2.05) is 0 Å². The Morgan fingerprint density at radius 2 is 1.95 bits per heavy atom. The Kier molecular flexibility index (Phi) is 5.51. The molecule has 0 aromatic rings. The minimum atomic E-state index is -0.348. The fraction of sp³-hybridized carbons (Fsp3) is 0.933. The maximum atomic E-state index is 11.8. The van der Waals surface area contributed by atoms with Gasteiger partial charge in [0.25, 0.3) is 0 Å². The average molecular weight is 313 g/mol. The molecule has 7 heteroatoms. The molecule has 3 rings (SSSR count). The largest absolute Gasteiger partial charge is 0.379 e. The number of ether oxygens (including phenoxy) is 3. The Morgan fingerprint density at radius 3 is 2.73 bits per heavy atom. The van der Waals surface area contributed by atoms with Crippen molar-refractivity contribution in [2.75, 3.05) is 52.5 Å². The molecule has 0 aromatic heterocycles. The van der Waals surface area contributed by atoms with Crippen LogP contribution in [0.3, 0.4) is 0 Å². The summed E-state index contributed by atoms with van der Waals surface area (Å²) in [6, 6.07) is -0.135. The summed E-state index contributed by atoms with van der Waals surface area (Å²) in [5.41, 5.74) is 0. The number of carbonyl (C=O) groups excluding carboxylic acids is 1. The lowest BCUT2D eigenvalue weighted by Crippen LogP contribution is -2.45. The van der Waals surface area contributed by atoms with Crippen molar-refractivity contribution in [3.63, 3.8) is 0 Å². The molecule has 1 spiro atoms. The highest BCUT2D eigenvalue weighted by atomic mass is 16.7. The van der Waals surface area contributed by atoms with E-state index in [1.54, 1.807) is 0 Å². The molecular formula is C15H27N3O4. The summed E-state index contributed by atoms with van der Waals surface area (Å²) in [6.45, 7) is 6.05. The van der Waals surface area contributed by atoms with Crippen LogP contribution in [-0.4, -0.2) is 75.4 Å². The van der Waals surface area contributed by atoms with Crippen LogP contribution in [0.2, 0.25) is 0 Å². The standard InChI is InChI=1S/C15H27N3O4/c19-14(16-5-6-18-7-9-20-10-8-18)17-11-13-12-21-15(22-13)3-1-2-4-15/h13H,1-12H2,(H2,16,17,19)/t13-/m1/s1. The molecule has 22 heavy (non-hydrogen) atoms. The number of nitrogens with one attached hydrogen (secondary N) is 2. The van der Waals surface area contributed by atoms with Crippen molar-refractivity contribution in [1.82, 2.24) is 15.5 Å². The summed E-state index contributed by atoms with van der Waals surface area (Å²) in [6.07, 6.45) is 4.28. The van der Waals surface area contributed by atoms with E-state index in [-0.39, 0.29) is 17.9 Å². The zero-order valence-electron chi connectivity index (χ0n) is 13.1. The molecular weight excluding hydrogens is 286 g/mol. The number of nitrogens with zero attached hydrogens (tertiary/aromatic N) is 1. The fourth-order valence-corrected chi connectivity index (χ4v) is 3.31. The van der Waals surface area contributed by atoms with Crippen molar-refractivity contribution < 1.29 is 19.0 Å². The van der Waals surface area contributed by atoms with Gasteiger partial charge in [0.2, 0.25) is 0 Å². The third kappa shape index (κ3) is 4.32. The minimum absolute atomic E-state index is 0.0249. The topological polar surface area (TPSA) is 72.1 Å². The Morgan fingerprint density at radius 1 is 1.18 bits per heavy atom. The lowest BCUT2D eigenvalue weighted by molar-refractivity contribution is -0.160. The average Bonchev–Trinajstić information content (AvgIpc) is 3.17. The highest BCUT2D eigenvalue weighted by Gasteiger charge is 2.43. The Hall–Kier alpha value is -0.890. The highest BCUT2D eigenvalue weighted by molar-refractivity contribution is 5.73. The molecule has 2 saturated heterocycles. The van der Waals surface area contributed by atoms with E-state index in [0.717, 1.165) is 45.7 Å². The molecule has 0 bridgehead atoms. The third-order valence-corrected chi connectivity index (χ3v) is 4.59. The molecule has 7 nitrogen and oxygen atoms in total. The molecule has 126 valence electrons. The van der Waals surface area contributed by atoms with E-state index in [0.29, 0.717) is 19.7 Å². The first-order valence-electron chi connectivity index (χ1n) is 8.39. The van der Waals surface area contributed by atoms with Gasteiger partial charge in [-0.05, 0) is 12.8 Å². The van der Waals surface area contributed by atoms with Crippen LogP contribution in [0.4, 0.5) is 4.79 Å². The van der Waals surface area contributed by atoms with Crippen LogP contribution in [0, 0.1) is 0 Å². The van der Waals surface area contributed by atoms with E-state index in [2.05, 4.69) is 15.5 Å².